The number of aromatic nitrogens is 1. The molecule has 0 saturated heterocycles. The number of carboxylic acids is 2. The molecule has 0 aliphatic rings. The van der Waals surface area contributed by atoms with Gasteiger partial charge in [-0.1, -0.05) is 30.3 Å². The van der Waals surface area contributed by atoms with Crippen molar-refractivity contribution in [2.45, 2.75) is 0 Å². The monoisotopic (exact) mass is 428 g/mol. The Morgan fingerprint density at radius 1 is 0.781 bits per heavy atom. The highest BCUT2D eigenvalue weighted by molar-refractivity contribution is 6.05. The van der Waals surface area contributed by atoms with Crippen molar-refractivity contribution in [2.24, 2.45) is 0 Å². The van der Waals surface area contributed by atoms with Crippen LogP contribution in [0.4, 0.5) is 5.69 Å². The van der Waals surface area contributed by atoms with Crippen molar-refractivity contribution >= 4 is 34.3 Å². The molecule has 0 radical (unpaired) electrons. The first-order chi connectivity index (χ1) is 15.4. The Morgan fingerprint density at radius 2 is 1.47 bits per heavy atom. The van der Waals surface area contributed by atoms with Gasteiger partial charge in [0, 0.05) is 6.20 Å². The van der Waals surface area contributed by atoms with E-state index in [9.17, 15) is 24.6 Å². The molecule has 1 amide bonds. The SMILES string of the molecule is O=C(Nc1cc2ccccc2cc1Oc1ccc(C(=O)O)c(C(=O)O)c1)c1ccccn1. The molecule has 3 aromatic carbocycles. The van der Waals surface area contributed by atoms with Crippen LogP contribution in [-0.2, 0) is 0 Å². The third-order valence-corrected chi connectivity index (χ3v) is 4.67. The molecule has 4 rings (SSSR count). The summed E-state index contributed by atoms with van der Waals surface area (Å²) in [6.45, 7) is 0. The summed E-state index contributed by atoms with van der Waals surface area (Å²) < 4.78 is 5.89. The normalized spacial score (nSPS) is 10.5. The van der Waals surface area contributed by atoms with Crippen molar-refractivity contribution in [2.75, 3.05) is 5.32 Å². The molecule has 0 aliphatic heterocycles. The van der Waals surface area contributed by atoms with Gasteiger partial charge in [-0.2, -0.15) is 0 Å². The van der Waals surface area contributed by atoms with Crippen molar-refractivity contribution in [3.8, 4) is 11.5 Å². The fourth-order valence-corrected chi connectivity index (χ4v) is 3.16. The minimum atomic E-state index is -1.39. The zero-order valence-electron chi connectivity index (χ0n) is 16.5. The van der Waals surface area contributed by atoms with E-state index in [2.05, 4.69) is 10.3 Å². The third kappa shape index (κ3) is 4.24. The number of carboxylic acid groups (broad SMARTS) is 2. The number of aromatic carboxylic acids is 2. The second kappa shape index (κ2) is 8.57. The second-order valence-electron chi connectivity index (χ2n) is 6.78. The number of amides is 1. The molecule has 0 unspecified atom stereocenters. The Morgan fingerprint density at radius 3 is 2.12 bits per heavy atom. The maximum atomic E-state index is 12.6. The van der Waals surface area contributed by atoms with Gasteiger partial charge >= 0.3 is 11.9 Å². The Kier molecular flexibility index (Phi) is 5.50. The predicted molar refractivity (Wildman–Crippen MR) is 117 cm³/mol. The highest BCUT2D eigenvalue weighted by atomic mass is 16.5. The van der Waals surface area contributed by atoms with E-state index < -0.39 is 23.4 Å². The molecule has 0 saturated carbocycles. The van der Waals surface area contributed by atoms with Crippen molar-refractivity contribution in [3.63, 3.8) is 0 Å². The first kappa shape index (κ1) is 20.5. The molecule has 0 spiro atoms. The standard InChI is InChI=1S/C24H16N2O6/c27-22(19-7-3-4-10-25-19)26-20-11-14-5-1-2-6-15(14)12-21(20)32-16-8-9-17(23(28)29)18(13-16)24(30)31/h1-13H,(H,26,27)(H,28,29)(H,30,31). The minimum Gasteiger partial charge on any atom is -0.478 e. The lowest BCUT2D eigenvalue weighted by atomic mass is 10.1. The topological polar surface area (TPSA) is 126 Å². The van der Waals surface area contributed by atoms with Crippen LogP contribution in [0.1, 0.15) is 31.2 Å². The van der Waals surface area contributed by atoms with Crippen molar-refractivity contribution < 1.29 is 29.3 Å². The van der Waals surface area contributed by atoms with Crippen LogP contribution in [0.5, 0.6) is 11.5 Å². The highest BCUT2D eigenvalue weighted by Gasteiger charge is 2.18. The van der Waals surface area contributed by atoms with Gasteiger partial charge in [0.2, 0.25) is 0 Å². The number of rotatable bonds is 6. The molecule has 4 aromatic rings. The average Bonchev–Trinajstić information content (AvgIpc) is 2.79. The van der Waals surface area contributed by atoms with Gasteiger partial charge in [0.05, 0.1) is 16.8 Å². The molecule has 1 aromatic heterocycles. The number of carbonyl (C=O) groups is 3. The highest BCUT2D eigenvalue weighted by Crippen LogP contribution is 2.35. The van der Waals surface area contributed by atoms with Gasteiger partial charge in [0.25, 0.3) is 5.91 Å². The number of nitrogens with one attached hydrogen (secondary N) is 1. The zero-order chi connectivity index (χ0) is 22.7. The summed E-state index contributed by atoms with van der Waals surface area (Å²) in [5.41, 5.74) is -0.203. The minimum absolute atomic E-state index is 0.107. The summed E-state index contributed by atoms with van der Waals surface area (Å²) in [5.74, 6) is -2.83. The van der Waals surface area contributed by atoms with Crippen LogP contribution >= 0.6 is 0 Å². The molecule has 1 heterocycles. The van der Waals surface area contributed by atoms with Gasteiger partial charge in [-0.25, -0.2) is 9.59 Å². The molecule has 0 aliphatic carbocycles. The van der Waals surface area contributed by atoms with E-state index in [0.29, 0.717) is 5.69 Å². The van der Waals surface area contributed by atoms with E-state index in [4.69, 9.17) is 4.74 Å². The number of carbonyl (C=O) groups excluding carboxylic acids is 1. The van der Waals surface area contributed by atoms with Crippen LogP contribution < -0.4 is 10.1 Å². The number of benzene rings is 3. The van der Waals surface area contributed by atoms with E-state index in [1.54, 1.807) is 30.3 Å². The summed E-state index contributed by atoms with van der Waals surface area (Å²) >= 11 is 0. The molecule has 8 heteroatoms. The first-order valence-corrected chi connectivity index (χ1v) is 9.46. The smallest absolute Gasteiger partial charge is 0.336 e. The maximum Gasteiger partial charge on any atom is 0.336 e. The number of nitrogens with zero attached hydrogens (tertiary/aromatic N) is 1. The molecular formula is C24H16N2O6. The number of hydrogen-bond acceptors (Lipinski definition) is 5. The van der Waals surface area contributed by atoms with Gasteiger partial charge in [-0.3, -0.25) is 9.78 Å². The van der Waals surface area contributed by atoms with Crippen LogP contribution in [0.3, 0.4) is 0 Å². The van der Waals surface area contributed by atoms with Gasteiger partial charge in [0.15, 0.2) is 5.75 Å². The van der Waals surface area contributed by atoms with Gasteiger partial charge in [0.1, 0.15) is 11.4 Å². The third-order valence-electron chi connectivity index (χ3n) is 4.67. The van der Waals surface area contributed by atoms with Gasteiger partial charge in [-0.15, -0.1) is 0 Å². The zero-order valence-corrected chi connectivity index (χ0v) is 16.5. The van der Waals surface area contributed by atoms with E-state index in [0.717, 1.165) is 22.9 Å². The lowest BCUT2D eigenvalue weighted by Crippen LogP contribution is -2.14. The largest absolute Gasteiger partial charge is 0.478 e. The fraction of sp³-hybridized carbons (Fsp3) is 0. The Hall–Kier alpha value is -4.72. The number of pyridine rings is 1. The van der Waals surface area contributed by atoms with Crippen LogP contribution in [0.2, 0.25) is 0 Å². The van der Waals surface area contributed by atoms with Gasteiger partial charge in [-0.05, 0) is 53.2 Å². The second-order valence-corrected chi connectivity index (χ2v) is 6.78. The Bertz CT molecular complexity index is 1350. The summed E-state index contributed by atoms with van der Waals surface area (Å²) in [5, 5.41) is 23.0. The summed E-state index contributed by atoms with van der Waals surface area (Å²) in [4.78, 5) is 39.5. The molecule has 3 N–H and O–H groups in total. The van der Waals surface area contributed by atoms with E-state index in [-0.39, 0.29) is 22.8 Å². The van der Waals surface area contributed by atoms with Crippen molar-refractivity contribution in [1.82, 2.24) is 4.98 Å². The van der Waals surface area contributed by atoms with Gasteiger partial charge < -0.3 is 20.3 Å². The number of ether oxygens (including phenoxy) is 1. The van der Waals surface area contributed by atoms with Crippen molar-refractivity contribution in [3.05, 3.63) is 95.8 Å². The number of fused-ring (bicyclic) bond motifs is 1. The van der Waals surface area contributed by atoms with E-state index >= 15 is 0 Å². The number of hydrogen-bond donors (Lipinski definition) is 3. The lowest BCUT2D eigenvalue weighted by Gasteiger charge is -2.14. The molecule has 158 valence electrons. The first-order valence-electron chi connectivity index (χ1n) is 9.46. The van der Waals surface area contributed by atoms with Crippen molar-refractivity contribution in [1.29, 1.82) is 0 Å². The molecule has 32 heavy (non-hydrogen) atoms. The lowest BCUT2D eigenvalue weighted by molar-refractivity contribution is 0.0651. The molecule has 8 nitrogen and oxygen atoms in total. The van der Waals surface area contributed by atoms with E-state index in [1.807, 2.05) is 24.3 Å². The summed E-state index contributed by atoms with van der Waals surface area (Å²) in [6.07, 6.45) is 1.50. The van der Waals surface area contributed by atoms with Crippen LogP contribution in [0, 0.1) is 0 Å². The average molecular weight is 428 g/mol. The number of anilines is 1. The molecular weight excluding hydrogens is 412 g/mol. The Balaban J connectivity index is 1.75. The summed E-state index contributed by atoms with van der Waals surface area (Å²) in [7, 11) is 0. The molecule has 0 fully saturated rings. The molecule has 0 atom stereocenters. The van der Waals surface area contributed by atoms with Crippen LogP contribution in [0.25, 0.3) is 10.8 Å². The quantitative estimate of drug-likeness (QED) is 0.407. The molecule has 0 bridgehead atoms. The summed E-state index contributed by atoms with van der Waals surface area (Å²) in [6, 6.07) is 19.5. The Labute approximate surface area is 181 Å². The van der Waals surface area contributed by atoms with Crippen LogP contribution in [-0.4, -0.2) is 33.0 Å². The maximum absolute atomic E-state index is 12.6. The van der Waals surface area contributed by atoms with E-state index in [1.165, 1.54) is 12.3 Å². The fourth-order valence-electron chi connectivity index (χ4n) is 3.16. The predicted octanol–water partition coefficient (Wildman–Crippen LogP) is 4.68. The van der Waals surface area contributed by atoms with Crippen LogP contribution in [0.15, 0.2) is 79.0 Å².